The highest BCUT2D eigenvalue weighted by molar-refractivity contribution is 6.31. The summed E-state index contributed by atoms with van der Waals surface area (Å²) >= 11 is 6.14. The molecular formula is C13H21ClN2. The number of unbranched alkanes of at least 4 members (excludes halogenated alkanes) is 3. The van der Waals surface area contributed by atoms with Crippen LogP contribution in [0.15, 0.2) is 18.3 Å². The highest BCUT2D eigenvalue weighted by Crippen LogP contribution is 2.24. The third-order valence-electron chi connectivity index (χ3n) is 2.81. The molecule has 0 amide bonds. The molecule has 0 aromatic carbocycles. The monoisotopic (exact) mass is 240 g/mol. The summed E-state index contributed by atoms with van der Waals surface area (Å²) in [6.07, 6.45) is 8.01. The molecule has 90 valence electrons. The first kappa shape index (κ1) is 13.5. The van der Waals surface area contributed by atoms with Gasteiger partial charge in [0.25, 0.3) is 0 Å². The molecule has 0 aliphatic rings. The van der Waals surface area contributed by atoms with Gasteiger partial charge in [-0.3, -0.25) is 4.98 Å². The third kappa shape index (κ3) is 4.11. The third-order valence-corrected chi connectivity index (χ3v) is 3.13. The number of rotatable bonds is 7. The van der Waals surface area contributed by atoms with Crippen molar-refractivity contribution in [3.05, 3.63) is 29.0 Å². The Hall–Kier alpha value is -0.600. The van der Waals surface area contributed by atoms with E-state index in [2.05, 4.69) is 17.2 Å². The summed E-state index contributed by atoms with van der Waals surface area (Å²) < 4.78 is 0. The largest absolute Gasteiger partial charge is 0.312 e. The van der Waals surface area contributed by atoms with Crippen LogP contribution in [0, 0.1) is 0 Å². The number of aromatic nitrogens is 1. The Kier molecular flexibility index (Phi) is 6.43. The Balaban J connectivity index is 2.51. The van der Waals surface area contributed by atoms with Crippen molar-refractivity contribution in [2.45, 2.75) is 45.1 Å². The zero-order valence-corrected chi connectivity index (χ0v) is 10.9. The highest BCUT2D eigenvalue weighted by atomic mass is 35.5. The molecule has 0 radical (unpaired) electrons. The molecule has 1 N–H and O–H groups in total. The molecule has 1 heterocycles. The smallest absolute Gasteiger partial charge is 0.0758 e. The molecular weight excluding hydrogens is 220 g/mol. The maximum absolute atomic E-state index is 6.14. The predicted octanol–water partition coefficient (Wildman–Crippen LogP) is 3.97. The van der Waals surface area contributed by atoms with Crippen LogP contribution in [0.2, 0.25) is 5.02 Å². The minimum Gasteiger partial charge on any atom is -0.312 e. The van der Waals surface area contributed by atoms with E-state index in [1.54, 1.807) is 6.20 Å². The quantitative estimate of drug-likeness (QED) is 0.730. The fraction of sp³-hybridized carbons (Fsp3) is 0.615. The van der Waals surface area contributed by atoms with Gasteiger partial charge >= 0.3 is 0 Å². The van der Waals surface area contributed by atoms with Crippen molar-refractivity contribution < 1.29 is 0 Å². The van der Waals surface area contributed by atoms with Crippen molar-refractivity contribution in [1.82, 2.24) is 10.3 Å². The first-order valence-electron chi connectivity index (χ1n) is 6.07. The molecule has 3 heteroatoms. The van der Waals surface area contributed by atoms with E-state index in [1.165, 1.54) is 25.7 Å². The molecule has 1 aromatic rings. The van der Waals surface area contributed by atoms with Gasteiger partial charge in [-0.2, -0.15) is 0 Å². The molecule has 0 aliphatic heterocycles. The molecule has 2 nitrogen and oxygen atoms in total. The van der Waals surface area contributed by atoms with Crippen molar-refractivity contribution in [1.29, 1.82) is 0 Å². The molecule has 16 heavy (non-hydrogen) atoms. The van der Waals surface area contributed by atoms with Crippen molar-refractivity contribution in [2.24, 2.45) is 0 Å². The topological polar surface area (TPSA) is 24.9 Å². The number of nitrogens with one attached hydrogen (secondary N) is 1. The number of halogens is 1. The van der Waals surface area contributed by atoms with Gasteiger partial charge in [0.15, 0.2) is 0 Å². The zero-order chi connectivity index (χ0) is 11.8. The van der Waals surface area contributed by atoms with Gasteiger partial charge < -0.3 is 5.32 Å². The van der Waals surface area contributed by atoms with Crippen LogP contribution < -0.4 is 5.32 Å². The van der Waals surface area contributed by atoms with Crippen LogP contribution in [0.1, 0.15) is 50.8 Å². The molecule has 1 rings (SSSR count). The SMILES string of the molecule is CCCCCCC(NC)c1ncccc1Cl. The van der Waals surface area contributed by atoms with Crippen molar-refractivity contribution in [3.8, 4) is 0 Å². The van der Waals surface area contributed by atoms with Crippen LogP contribution in [0.5, 0.6) is 0 Å². The summed E-state index contributed by atoms with van der Waals surface area (Å²) in [6, 6.07) is 4.06. The lowest BCUT2D eigenvalue weighted by atomic mass is 10.0. The van der Waals surface area contributed by atoms with E-state index in [0.717, 1.165) is 17.1 Å². The van der Waals surface area contributed by atoms with Gasteiger partial charge in [0.05, 0.1) is 16.8 Å². The van der Waals surface area contributed by atoms with Gasteiger partial charge in [0.1, 0.15) is 0 Å². The average molecular weight is 241 g/mol. The molecule has 1 aromatic heterocycles. The van der Waals surface area contributed by atoms with Gasteiger partial charge in [0, 0.05) is 6.20 Å². The summed E-state index contributed by atoms with van der Waals surface area (Å²) in [5.74, 6) is 0. The number of nitrogens with zero attached hydrogens (tertiary/aromatic N) is 1. The van der Waals surface area contributed by atoms with Crippen molar-refractivity contribution in [2.75, 3.05) is 7.05 Å². The second-order valence-corrected chi connectivity index (χ2v) is 4.47. The summed E-state index contributed by atoms with van der Waals surface area (Å²) in [6.45, 7) is 2.23. The lowest BCUT2D eigenvalue weighted by Gasteiger charge is -2.16. The van der Waals surface area contributed by atoms with Crippen LogP contribution in [-0.2, 0) is 0 Å². The molecule has 0 fully saturated rings. The Morgan fingerprint density at radius 2 is 2.19 bits per heavy atom. The lowest BCUT2D eigenvalue weighted by Crippen LogP contribution is -2.18. The Morgan fingerprint density at radius 1 is 1.38 bits per heavy atom. The van der Waals surface area contributed by atoms with Gasteiger partial charge in [-0.25, -0.2) is 0 Å². The molecule has 0 saturated heterocycles. The molecule has 1 atom stereocenters. The first-order valence-corrected chi connectivity index (χ1v) is 6.45. The van der Waals surface area contributed by atoms with E-state index >= 15 is 0 Å². The molecule has 0 saturated carbocycles. The normalized spacial score (nSPS) is 12.7. The summed E-state index contributed by atoms with van der Waals surface area (Å²) in [7, 11) is 1.97. The summed E-state index contributed by atoms with van der Waals surface area (Å²) in [4.78, 5) is 4.35. The van der Waals surface area contributed by atoms with Crippen LogP contribution in [-0.4, -0.2) is 12.0 Å². The van der Waals surface area contributed by atoms with Crippen LogP contribution in [0.25, 0.3) is 0 Å². The van der Waals surface area contributed by atoms with Gasteiger partial charge in [-0.05, 0) is 25.6 Å². The number of pyridine rings is 1. The Morgan fingerprint density at radius 3 is 2.81 bits per heavy atom. The standard InChI is InChI=1S/C13H21ClN2/c1-3-4-5-6-9-12(15-2)13-11(14)8-7-10-16-13/h7-8,10,12,15H,3-6,9H2,1-2H3. The summed E-state index contributed by atoms with van der Waals surface area (Å²) in [5.41, 5.74) is 0.975. The van der Waals surface area contributed by atoms with Crippen molar-refractivity contribution in [3.63, 3.8) is 0 Å². The second kappa shape index (κ2) is 7.64. The maximum Gasteiger partial charge on any atom is 0.0758 e. The molecule has 0 aliphatic carbocycles. The highest BCUT2D eigenvalue weighted by Gasteiger charge is 2.13. The molecule has 0 spiro atoms. The maximum atomic E-state index is 6.14. The number of hydrogen-bond acceptors (Lipinski definition) is 2. The lowest BCUT2D eigenvalue weighted by molar-refractivity contribution is 0.496. The zero-order valence-electron chi connectivity index (χ0n) is 10.2. The van der Waals surface area contributed by atoms with E-state index in [0.29, 0.717) is 0 Å². The van der Waals surface area contributed by atoms with Crippen molar-refractivity contribution >= 4 is 11.6 Å². The second-order valence-electron chi connectivity index (χ2n) is 4.06. The minimum atomic E-state index is 0.283. The van der Waals surface area contributed by atoms with Crippen LogP contribution in [0.3, 0.4) is 0 Å². The Labute approximate surface area is 103 Å². The van der Waals surface area contributed by atoms with E-state index in [4.69, 9.17) is 11.6 Å². The van der Waals surface area contributed by atoms with Gasteiger partial charge in [-0.15, -0.1) is 0 Å². The summed E-state index contributed by atoms with van der Waals surface area (Å²) in [5, 5.41) is 4.05. The van der Waals surface area contributed by atoms with Crippen LogP contribution in [0.4, 0.5) is 0 Å². The average Bonchev–Trinajstić information content (AvgIpc) is 2.31. The van der Waals surface area contributed by atoms with E-state index < -0.39 is 0 Å². The molecule has 1 unspecified atom stereocenters. The fourth-order valence-electron chi connectivity index (χ4n) is 1.85. The fourth-order valence-corrected chi connectivity index (χ4v) is 2.10. The van der Waals surface area contributed by atoms with E-state index in [1.807, 2.05) is 19.2 Å². The van der Waals surface area contributed by atoms with Gasteiger partial charge in [0.2, 0.25) is 0 Å². The Bertz CT molecular complexity index is 302. The van der Waals surface area contributed by atoms with Crippen LogP contribution >= 0.6 is 11.6 Å². The minimum absolute atomic E-state index is 0.283. The van der Waals surface area contributed by atoms with Gasteiger partial charge in [-0.1, -0.05) is 44.2 Å². The van der Waals surface area contributed by atoms with E-state index in [9.17, 15) is 0 Å². The molecule has 0 bridgehead atoms. The predicted molar refractivity (Wildman–Crippen MR) is 69.8 cm³/mol. The number of hydrogen-bond donors (Lipinski definition) is 1. The van der Waals surface area contributed by atoms with E-state index in [-0.39, 0.29) is 6.04 Å². The first-order chi connectivity index (χ1) is 7.79.